The van der Waals surface area contributed by atoms with Crippen LogP contribution in [0.15, 0.2) is 0 Å². The lowest BCUT2D eigenvalue weighted by molar-refractivity contribution is -0.149. The average molecular weight is 439 g/mol. The fourth-order valence-corrected chi connectivity index (χ4v) is 4.43. The maximum Gasteiger partial charge on any atom is 0.308 e. The highest BCUT2D eigenvalue weighted by Gasteiger charge is 2.19. The van der Waals surface area contributed by atoms with Crippen molar-refractivity contribution in [2.45, 2.75) is 168 Å². The molecule has 0 aromatic heterocycles. The lowest BCUT2D eigenvalue weighted by atomic mass is 9.94. The van der Waals surface area contributed by atoms with Crippen LogP contribution in [0.3, 0.4) is 0 Å². The molecule has 0 aliphatic heterocycles. The highest BCUT2D eigenvalue weighted by molar-refractivity contribution is 5.72. The van der Waals surface area contributed by atoms with E-state index in [0.717, 1.165) is 19.3 Å². The fourth-order valence-electron chi connectivity index (χ4n) is 4.43. The first kappa shape index (κ1) is 30.5. The highest BCUT2D eigenvalue weighted by atomic mass is 16.5. The summed E-state index contributed by atoms with van der Waals surface area (Å²) in [6.45, 7) is 7.42. The third kappa shape index (κ3) is 22.5. The van der Waals surface area contributed by atoms with Gasteiger partial charge in [-0.15, -0.1) is 0 Å². The van der Waals surface area contributed by atoms with Gasteiger partial charge in [0.15, 0.2) is 0 Å². The second kappa shape index (κ2) is 25.7. The van der Waals surface area contributed by atoms with E-state index in [2.05, 4.69) is 20.8 Å². The molecule has 0 heterocycles. The van der Waals surface area contributed by atoms with E-state index in [1.165, 1.54) is 128 Å². The van der Waals surface area contributed by atoms with Crippen LogP contribution in [0, 0.1) is 5.92 Å². The summed E-state index contributed by atoms with van der Waals surface area (Å²) in [7, 11) is 0. The topological polar surface area (TPSA) is 26.3 Å². The number of hydrogen-bond donors (Lipinski definition) is 0. The minimum atomic E-state index is 0.0946. The largest absolute Gasteiger partial charge is 0.465 e. The van der Waals surface area contributed by atoms with Crippen LogP contribution >= 0.6 is 0 Å². The minimum Gasteiger partial charge on any atom is -0.465 e. The molecule has 0 aromatic carbocycles. The van der Waals surface area contributed by atoms with Crippen molar-refractivity contribution in [3.05, 3.63) is 0 Å². The van der Waals surface area contributed by atoms with Gasteiger partial charge in [0.1, 0.15) is 0 Å². The summed E-state index contributed by atoms with van der Waals surface area (Å²) in [5.74, 6) is 0.243. The first-order chi connectivity index (χ1) is 15.3. The van der Waals surface area contributed by atoms with Gasteiger partial charge < -0.3 is 4.74 Å². The van der Waals surface area contributed by atoms with Crippen LogP contribution in [0.2, 0.25) is 0 Å². The van der Waals surface area contributed by atoms with Gasteiger partial charge in [0.25, 0.3) is 0 Å². The van der Waals surface area contributed by atoms with Gasteiger partial charge >= 0.3 is 5.97 Å². The van der Waals surface area contributed by atoms with E-state index in [1.54, 1.807) is 0 Å². The maximum absolute atomic E-state index is 12.6. The van der Waals surface area contributed by atoms with Gasteiger partial charge in [-0.1, -0.05) is 149 Å². The maximum atomic E-state index is 12.6. The Morgan fingerprint density at radius 1 is 0.484 bits per heavy atom. The summed E-state index contributed by atoms with van der Waals surface area (Å²) in [6, 6.07) is 0. The molecule has 1 unspecified atom stereocenters. The zero-order chi connectivity index (χ0) is 22.8. The number of esters is 1. The predicted octanol–water partition coefficient (Wildman–Crippen LogP) is 10.2. The van der Waals surface area contributed by atoms with Crippen molar-refractivity contribution in [3.63, 3.8) is 0 Å². The Bertz CT molecular complexity index is 353. The Hall–Kier alpha value is -0.530. The Labute approximate surface area is 196 Å². The molecule has 0 saturated heterocycles. The van der Waals surface area contributed by atoms with Gasteiger partial charge in [0, 0.05) is 0 Å². The van der Waals surface area contributed by atoms with Gasteiger partial charge in [0.2, 0.25) is 0 Å². The van der Waals surface area contributed by atoms with Crippen molar-refractivity contribution in [1.82, 2.24) is 0 Å². The van der Waals surface area contributed by atoms with Crippen molar-refractivity contribution < 1.29 is 9.53 Å². The van der Waals surface area contributed by atoms with Crippen molar-refractivity contribution in [2.75, 3.05) is 6.61 Å². The van der Waals surface area contributed by atoms with Crippen LogP contribution < -0.4 is 0 Å². The second-order valence-corrected chi connectivity index (χ2v) is 9.81. The smallest absolute Gasteiger partial charge is 0.308 e. The monoisotopic (exact) mass is 438 g/mol. The molecule has 0 bridgehead atoms. The first-order valence-electron chi connectivity index (χ1n) is 14.4. The number of ether oxygens (including phenoxy) is 1. The molecule has 0 N–H and O–H groups in total. The molecule has 0 rings (SSSR count). The Balaban J connectivity index is 3.80. The summed E-state index contributed by atoms with van der Waals surface area (Å²) in [5.41, 5.74) is 0. The van der Waals surface area contributed by atoms with E-state index in [1.807, 2.05) is 0 Å². The van der Waals surface area contributed by atoms with Crippen molar-refractivity contribution in [2.24, 2.45) is 5.92 Å². The molecule has 0 aromatic rings. The fraction of sp³-hybridized carbons (Fsp3) is 0.966. The Morgan fingerprint density at radius 3 is 1.23 bits per heavy atom. The summed E-state index contributed by atoms with van der Waals surface area (Å²) in [6.07, 6.45) is 29.5. The molecular formula is C29H58O2. The normalized spacial score (nSPS) is 12.2. The Morgan fingerprint density at radius 2 is 0.806 bits per heavy atom. The second-order valence-electron chi connectivity index (χ2n) is 9.81. The number of rotatable bonds is 25. The zero-order valence-electron chi connectivity index (χ0n) is 21.9. The SMILES string of the molecule is CCCCCCCCCCCCCOC(=O)C(CCCCCC)CCCCCCCC. The molecular weight excluding hydrogens is 380 g/mol. The lowest BCUT2D eigenvalue weighted by Crippen LogP contribution is -2.18. The molecule has 0 aliphatic rings. The van der Waals surface area contributed by atoms with Crippen LogP contribution in [-0.4, -0.2) is 12.6 Å². The van der Waals surface area contributed by atoms with E-state index in [4.69, 9.17) is 4.74 Å². The van der Waals surface area contributed by atoms with Gasteiger partial charge in [-0.25, -0.2) is 0 Å². The highest BCUT2D eigenvalue weighted by Crippen LogP contribution is 2.21. The Kier molecular flexibility index (Phi) is 25.3. The summed E-state index contributed by atoms with van der Waals surface area (Å²) in [4.78, 5) is 12.6. The van der Waals surface area contributed by atoms with Crippen molar-refractivity contribution in [1.29, 1.82) is 0 Å². The molecule has 0 radical (unpaired) electrons. The van der Waals surface area contributed by atoms with E-state index in [-0.39, 0.29) is 11.9 Å². The molecule has 0 saturated carbocycles. The van der Waals surface area contributed by atoms with Crippen molar-refractivity contribution in [3.8, 4) is 0 Å². The van der Waals surface area contributed by atoms with Crippen LogP contribution in [0.25, 0.3) is 0 Å². The van der Waals surface area contributed by atoms with Gasteiger partial charge in [-0.3, -0.25) is 4.79 Å². The number of hydrogen-bond acceptors (Lipinski definition) is 2. The quantitative estimate of drug-likeness (QED) is 0.105. The molecule has 2 heteroatoms. The van der Waals surface area contributed by atoms with E-state index in [0.29, 0.717) is 6.61 Å². The van der Waals surface area contributed by atoms with Crippen molar-refractivity contribution >= 4 is 5.97 Å². The first-order valence-corrected chi connectivity index (χ1v) is 14.4. The molecule has 0 aliphatic carbocycles. The predicted molar refractivity (Wildman–Crippen MR) is 138 cm³/mol. The molecule has 0 fully saturated rings. The number of carbonyl (C=O) groups excluding carboxylic acids is 1. The van der Waals surface area contributed by atoms with Gasteiger partial charge in [-0.2, -0.15) is 0 Å². The molecule has 0 amide bonds. The lowest BCUT2D eigenvalue weighted by Gasteiger charge is -2.16. The standard InChI is InChI=1S/C29H58O2/c1-4-7-10-13-15-16-17-18-19-21-24-27-31-29(30)28(25-22-12-9-6-3)26-23-20-14-11-8-5-2/h28H,4-27H2,1-3H3. The number of unbranched alkanes of at least 4 members (excludes halogenated alkanes) is 18. The van der Waals surface area contributed by atoms with Gasteiger partial charge in [0.05, 0.1) is 12.5 Å². The van der Waals surface area contributed by atoms with Crippen LogP contribution in [-0.2, 0) is 9.53 Å². The summed E-state index contributed by atoms with van der Waals surface area (Å²) in [5, 5.41) is 0. The number of carbonyl (C=O) groups is 1. The third-order valence-electron chi connectivity index (χ3n) is 6.64. The minimum absolute atomic E-state index is 0.0946. The molecule has 186 valence electrons. The van der Waals surface area contributed by atoms with Crippen LogP contribution in [0.4, 0.5) is 0 Å². The van der Waals surface area contributed by atoms with Gasteiger partial charge in [-0.05, 0) is 19.3 Å². The molecule has 31 heavy (non-hydrogen) atoms. The van der Waals surface area contributed by atoms with E-state index < -0.39 is 0 Å². The average Bonchev–Trinajstić information content (AvgIpc) is 2.78. The summed E-state index contributed by atoms with van der Waals surface area (Å²) < 4.78 is 5.70. The third-order valence-corrected chi connectivity index (χ3v) is 6.64. The molecule has 1 atom stereocenters. The molecule has 0 spiro atoms. The molecule has 2 nitrogen and oxygen atoms in total. The zero-order valence-corrected chi connectivity index (χ0v) is 21.9. The van der Waals surface area contributed by atoms with E-state index in [9.17, 15) is 4.79 Å². The van der Waals surface area contributed by atoms with E-state index >= 15 is 0 Å². The van der Waals surface area contributed by atoms with Crippen LogP contribution in [0.1, 0.15) is 168 Å². The summed E-state index contributed by atoms with van der Waals surface area (Å²) >= 11 is 0. The van der Waals surface area contributed by atoms with Crippen LogP contribution in [0.5, 0.6) is 0 Å².